The maximum Gasteiger partial charge on any atom is 0.244 e. The van der Waals surface area contributed by atoms with Gasteiger partial charge in [0.15, 0.2) is 0 Å². The van der Waals surface area contributed by atoms with Crippen molar-refractivity contribution in [2.24, 2.45) is 11.8 Å². The van der Waals surface area contributed by atoms with Crippen molar-refractivity contribution in [3.63, 3.8) is 0 Å². The van der Waals surface area contributed by atoms with Crippen LogP contribution in [0.25, 0.3) is 0 Å². The predicted octanol–water partition coefficient (Wildman–Crippen LogP) is 2.00. The van der Waals surface area contributed by atoms with Crippen molar-refractivity contribution in [2.45, 2.75) is 26.2 Å². The second-order valence-electron chi connectivity index (χ2n) is 4.17. The van der Waals surface area contributed by atoms with Crippen molar-refractivity contribution < 1.29 is 4.79 Å². The van der Waals surface area contributed by atoms with Gasteiger partial charge in [-0.15, -0.1) is 0 Å². The van der Waals surface area contributed by atoms with Gasteiger partial charge in [-0.3, -0.25) is 4.79 Å². The summed E-state index contributed by atoms with van der Waals surface area (Å²) in [6.45, 7) is 2.01. The molecule has 0 aliphatic heterocycles. The van der Waals surface area contributed by atoms with Crippen molar-refractivity contribution in [1.29, 1.82) is 0 Å². The number of hydrogen-bond acceptors (Lipinski definition) is 2. The lowest BCUT2D eigenvalue weighted by molar-refractivity contribution is -0.124. The molecule has 1 aliphatic rings. The molecule has 15 heavy (non-hydrogen) atoms. The van der Waals surface area contributed by atoms with Crippen molar-refractivity contribution in [3.05, 3.63) is 29.8 Å². The van der Waals surface area contributed by atoms with Crippen LogP contribution in [0.5, 0.6) is 0 Å². The van der Waals surface area contributed by atoms with Crippen LogP contribution in [-0.2, 0) is 4.79 Å². The quantitative estimate of drug-likeness (QED) is 0.455. The molecule has 0 aromatic heterocycles. The average Bonchev–Trinajstić information content (AvgIpc) is 2.15. The third-order valence-electron chi connectivity index (χ3n) is 3.00. The molecular weight excluding hydrogens is 188 g/mol. The van der Waals surface area contributed by atoms with Gasteiger partial charge in [0.25, 0.3) is 0 Å². The van der Waals surface area contributed by atoms with Gasteiger partial charge in [-0.2, -0.15) is 0 Å². The highest BCUT2D eigenvalue weighted by Gasteiger charge is 2.28. The van der Waals surface area contributed by atoms with Crippen molar-refractivity contribution in [1.82, 2.24) is 0 Å². The number of rotatable bonds is 2. The highest BCUT2D eigenvalue weighted by atomic mass is 16.2. The topological polar surface area (TPSA) is 46.3 Å². The first-order valence-electron chi connectivity index (χ1n) is 5.34. The highest BCUT2D eigenvalue weighted by Crippen LogP contribution is 2.28. The molecule has 1 aromatic rings. The molecule has 80 valence electrons. The van der Waals surface area contributed by atoms with Gasteiger partial charge in [0, 0.05) is 5.92 Å². The molecule has 0 atom stereocenters. The Kier molecular flexibility index (Phi) is 2.73. The lowest BCUT2D eigenvalue weighted by Crippen LogP contribution is -2.43. The molecule has 1 saturated carbocycles. The molecule has 3 nitrogen and oxygen atoms in total. The summed E-state index contributed by atoms with van der Waals surface area (Å²) in [5.74, 6) is 5.98. The summed E-state index contributed by atoms with van der Waals surface area (Å²) in [6, 6.07) is 7.68. The van der Waals surface area contributed by atoms with Crippen LogP contribution in [0.1, 0.15) is 24.8 Å². The van der Waals surface area contributed by atoms with Crippen LogP contribution < -0.4 is 10.9 Å². The van der Waals surface area contributed by atoms with E-state index in [1.165, 1.54) is 10.6 Å². The third-order valence-corrected chi connectivity index (χ3v) is 3.00. The second kappa shape index (κ2) is 4.03. The summed E-state index contributed by atoms with van der Waals surface area (Å²) in [5, 5.41) is 1.28. The summed E-state index contributed by atoms with van der Waals surface area (Å²) in [6.07, 6.45) is 3.12. The predicted molar refractivity (Wildman–Crippen MR) is 60.2 cm³/mol. The van der Waals surface area contributed by atoms with E-state index in [4.69, 9.17) is 5.84 Å². The zero-order chi connectivity index (χ0) is 10.8. The van der Waals surface area contributed by atoms with Gasteiger partial charge in [-0.1, -0.05) is 24.1 Å². The van der Waals surface area contributed by atoms with Crippen molar-refractivity contribution in [2.75, 3.05) is 5.01 Å². The summed E-state index contributed by atoms with van der Waals surface area (Å²) < 4.78 is 0. The number of benzene rings is 1. The zero-order valence-corrected chi connectivity index (χ0v) is 8.94. The Labute approximate surface area is 89.8 Å². The van der Waals surface area contributed by atoms with Crippen LogP contribution in [0.15, 0.2) is 24.3 Å². The zero-order valence-electron chi connectivity index (χ0n) is 8.94. The molecule has 2 N–H and O–H groups in total. The number of carbonyl (C=O) groups is 1. The molecule has 1 aromatic carbocycles. The van der Waals surface area contributed by atoms with E-state index in [-0.39, 0.29) is 11.8 Å². The molecule has 0 heterocycles. The number of nitrogens with two attached hydrogens (primary N) is 1. The Bertz CT molecular complexity index is 354. The fourth-order valence-electron chi connectivity index (χ4n) is 1.68. The minimum atomic E-state index is 0.0464. The number of amides is 1. The van der Waals surface area contributed by atoms with Gasteiger partial charge in [-0.25, -0.2) is 10.9 Å². The Morgan fingerprint density at radius 1 is 1.33 bits per heavy atom. The molecule has 0 saturated heterocycles. The van der Waals surface area contributed by atoms with Crippen LogP contribution in [0.3, 0.4) is 0 Å². The number of hydrazine groups is 1. The van der Waals surface area contributed by atoms with E-state index >= 15 is 0 Å². The van der Waals surface area contributed by atoms with Crippen LogP contribution >= 0.6 is 0 Å². The van der Waals surface area contributed by atoms with Gasteiger partial charge in [0.1, 0.15) is 0 Å². The first-order chi connectivity index (χ1) is 7.18. The average molecular weight is 204 g/mol. The molecule has 1 fully saturated rings. The maximum atomic E-state index is 11.8. The van der Waals surface area contributed by atoms with E-state index in [1.807, 2.05) is 31.2 Å². The summed E-state index contributed by atoms with van der Waals surface area (Å²) >= 11 is 0. The van der Waals surface area contributed by atoms with Crippen molar-refractivity contribution in [3.8, 4) is 0 Å². The molecule has 0 unspecified atom stereocenters. The summed E-state index contributed by atoms with van der Waals surface area (Å²) in [5.41, 5.74) is 1.95. The molecule has 0 spiro atoms. The SMILES string of the molecule is Cc1ccc(N(N)C(=O)C2CCC2)cc1. The summed E-state index contributed by atoms with van der Waals surface area (Å²) in [7, 11) is 0. The molecular formula is C12H16N2O. The highest BCUT2D eigenvalue weighted by molar-refractivity contribution is 5.94. The molecule has 0 radical (unpaired) electrons. The van der Waals surface area contributed by atoms with Gasteiger partial charge in [-0.05, 0) is 31.9 Å². The number of nitrogens with zero attached hydrogens (tertiary/aromatic N) is 1. The first kappa shape index (κ1) is 10.2. The third kappa shape index (κ3) is 2.02. The Morgan fingerprint density at radius 3 is 2.40 bits per heavy atom. The van der Waals surface area contributed by atoms with Crippen LogP contribution in [-0.4, -0.2) is 5.91 Å². The standard InChI is InChI=1S/C12H16N2O/c1-9-5-7-11(8-6-9)14(13)12(15)10-3-2-4-10/h5-8,10H,2-4,13H2,1H3. The normalized spacial score (nSPS) is 15.9. The van der Waals surface area contributed by atoms with E-state index in [2.05, 4.69) is 0 Å². The Hall–Kier alpha value is -1.35. The smallest absolute Gasteiger partial charge is 0.244 e. The second-order valence-corrected chi connectivity index (χ2v) is 4.17. The minimum absolute atomic E-state index is 0.0464. The summed E-state index contributed by atoms with van der Waals surface area (Å²) in [4.78, 5) is 11.8. The van der Waals surface area contributed by atoms with Gasteiger partial charge in [0.2, 0.25) is 5.91 Å². The van der Waals surface area contributed by atoms with E-state index in [1.54, 1.807) is 0 Å². The Balaban J connectivity index is 2.09. The molecule has 2 rings (SSSR count). The van der Waals surface area contributed by atoms with E-state index in [0.29, 0.717) is 0 Å². The molecule has 3 heteroatoms. The van der Waals surface area contributed by atoms with Crippen LogP contribution in [0.2, 0.25) is 0 Å². The van der Waals surface area contributed by atoms with Gasteiger partial charge >= 0.3 is 0 Å². The van der Waals surface area contributed by atoms with Gasteiger partial charge < -0.3 is 0 Å². The lowest BCUT2D eigenvalue weighted by atomic mass is 9.84. The number of hydrogen-bond donors (Lipinski definition) is 1. The molecule has 1 amide bonds. The van der Waals surface area contributed by atoms with E-state index < -0.39 is 0 Å². The first-order valence-corrected chi connectivity index (χ1v) is 5.34. The maximum absolute atomic E-state index is 11.8. The van der Waals surface area contributed by atoms with Gasteiger partial charge in [0.05, 0.1) is 5.69 Å². The Morgan fingerprint density at radius 2 is 1.93 bits per heavy atom. The van der Waals surface area contributed by atoms with E-state index in [9.17, 15) is 4.79 Å². The van der Waals surface area contributed by atoms with E-state index in [0.717, 1.165) is 24.9 Å². The monoisotopic (exact) mass is 204 g/mol. The number of aryl methyl sites for hydroxylation is 1. The fraction of sp³-hybridized carbons (Fsp3) is 0.417. The lowest BCUT2D eigenvalue weighted by Gasteiger charge is -2.28. The van der Waals surface area contributed by atoms with Crippen LogP contribution in [0, 0.1) is 12.8 Å². The van der Waals surface area contributed by atoms with Crippen LogP contribution in [0.4, 0.5) is 5.69 Å². The minimum Gasteiger partial charge on any atom is -0.273 e. The van der Waals surface area contributed by atoms with Crippen molar-refractivity contribution >= 4 is 11.6 Å². The largest absolute Gasteiger partial charge is 0.273 e. The number of carbonyl (C=O) groups excluding carboxylic acids is 1. The number of anilines is 1. The molecule has 1 aliphatic carbocycles. The fourth-order valence-corrected chi connectivity index (χ4v) is 1.68. The molecule has 0 bridgehead atoms.